The molecule has 0 aliphatic carbocycles. The molecule has 1 N–H and O–H groups in total. The Labute approximate surface area is 139 Å². The number of imide groups is 1. The third-order valence-electron chi connectivity index (χ3n) is 4.07. The van der Waals surface area contributed by atoms with Gasteiger partial charge in [0.25, 0.3) is 5.91 Å². The highest BCUT2D eigenvalue weighted by Crippen LogP contribution is 2.31. The van der Waals surface area contributed by atoms with Crippen molar-refractivity contribution in [1.29, 1.82) is 0 Å². The zero-order chi connectivity index (χ0) is 16.6. The highest BCUT2D eigenvalue weighted by atomic mass is 35.5. The zero-order valence-corrected chi connectivity index (χ0v) is 13.6. The highest BCUT2D eigenvalue weighted by Gasteiger charge is 2.49. The molecular formula is C17H16ClN3O2. The lowest BCUT2D eigenvalue weighted by atomic mass is 9.88. The number of hydrogen-bond acceptors (Lipinski definition) is 3. The minimum atomic E-state index is -1.06. The van der Waals surface area contributed by atoms with Crippen LogP contribution in [0.4, 0.5) is 4.79 Å². The van der Waals surface area contributed by atoms with E-state index in [2.05, 4.69) is 10.3 Å². The van der Waals surface area contributed by atoms with Crippen LogP contribution in [0, 0.1) is 6.92 Å². The predicted octanol–water partition coefficient (Wildman–Crippen LogP) is 3.01. The molecule has 0 spiro atoms. The summed E-state index contributed by atoms with van der Waals surface area (Å²) >= 11 is 5.81. The van der Waals surface area contributed by atoms with Crippen molar-refractivity contribution < 1.29 is 9.59 Å². The van der Waals surface area contributed by atoms with Crippen LogP contribution in [0.15, 0.2) is 42.6 Å². The lowest BCUT2D eigenvalue weighted by Gasteiger charge is -2.24. The molecule has 1 aromatic heterocycles. The van der Waals surface area contributed by atoms with Crippen LogP contribution < -0.4 is 5.32 Å². The second kappa shape index (κ2) is 5.66. The van der Waals surface area contributed by atoms with Crippen molar-refractivity contribution in [3.05, 3.63) is 64.4 Å². The summed E-state index contributed by atoms with van der Waals surface area (Å²) in [7, 11) is 0. The molecule has 1 saturated heterocycles. The van der Waals surface area contributed by atoms with Gasteiger partial charge in [-0.15, -0.1) is 0 Å². The molecule has 2 aromatic rings. The van der Waals surface area contributed by atoms with Crippen LogP contribution in [0.3, 0.4) is 0 Å². The number of halogens is 1. The normalized spacial score (nSPS) is 20.7. The molecular weight excluding hydrogens is 314 g/mol. The molecule has 0 saturated carbocycles. The van der Waals surface area contributed by atoms with Gasteiger partial charge in [-0.1, -0.05) is 35.9 Å². The van der Waals surface area contributed by atoms with E-state index in [4.69, 9.17) is 11.6 Å². The van der Waals surface area contributed by atoms with Gasteiger partial charge in [0.2, 0.25) is 0 Å². The fraction of sp³-hybridized carbons (Fsp3) is 0.235. The first-order valence-corrected chi connectivity index (χ1v) is 7.60. The van der Waals surface area contributed by atoms with Crippen LogP contribution in [-0.2, 0) is 16.9 Å². The minimum Gasteiger partial charge on any atom is -0.319 e. The summed E-state index contributed by atoms with van der Waals surface area (Å²) in [5, 5.41) is 3.31. The molecule has 3 amide bonds. The maximum absolute atomic E-state index is 12.9. The van der Waals surface area contributed by atoms with Crippen molar-refractivity contribution in [2.24, 2.45) is 0 Å². The first-order chi connectivity index (χ1) is 10.9. The number of nitrogens with zero attached hydrogens (tertiary/aromatic N) is 2. The number of rotatable bonds is 3. The topological polar surface area (TPSA) is 62.3 Å². The Morgan fingerprint density at radius 3 is 2.61 bits per heavy atom. The van der Waals surface area contributed by atoms with Gasteiger partial charge in [0.05, 0.1) is 17.3 Å². The summed E-state index contributed by atoms with van der Waals surface area (Å²) in [5.74, 6) is -0.284. The van der Waals surface area contributed by atoms with E-state index < -0.39 is 11.6 Å². The average molecular weight is 330 g/mol. The van der Waals surface area contributed by atoms with Crippen LogP contribution in [0.5, 0.6) is 0 Å². The maximum atomic E-state index is 12.9. The van der Waals surface area contributed by atoms with Crippen LogP contribution in [-0.4, -0.2) is 21.8 Å². The number of carbonyl (C=O) groups is 2. The number of nitrogens with one attached hydrogen (secondary N) is 1. The fourth-order valence-corrected chi connectivity index (χ4v) is 2.93. The van der Waals surface area contributed by atoms with Crippen LogP contribution in [0.1, 0.15) is 23.7 Å². The van der Waals surface area contributed by atoms with Gasteiger partial charge in [-0.05, 0) is 37.1 Å². The zero-order valence-electron chi connectivity index (χ0n) is 12.8. The average Bonchev–Trinajstić information content (AvgIpc) is 2.74. The molecule has 2 heterocycles. The lowest BCUT2D eigenvalue weighted by molar-refractivity contribution is -0.131. The Bertz CT molecular complexity index is 776. The van der Waals surface area contributed by atoms with Crippen molar-refractivity contribution in [2.45, 2.75) is 25.9 Å². The molecule has 1 atom stereocenters. The van der Waals surface area contributed by atoms with E-state index in [9.17, 15) is 9.59 Å². The maximum Gasteiger partial charge on any atom is 0.325 e. The van der Waals surface area contributed by atoms with Gasteiger partial charge in [0.1, 0.15) is 5.54 Å². The smallest absolute Gasteiger partial charge is 0.319 e. The van der Waals surface area contributed by atoms with E-state index in [0.29, 0.717) is 10.7 Å². The molecule has 0 bridgehead atoms. The van der Waals surface area contributed by atoms with Crippen molar-refractivity contribution in [3.63, 3.8) is 0 Å². The number of aryl methyl sites for hydroxylation is 1. The first kappa shape index (κ1) is 15.5. The molecule has 118 valence electrons. The molecule has 0 unspecified atom stereocenters. The van der Waals surface area contributed by atoms with E-state index >= 15 is 0 Å². The minimum absolute atomic E-state index is 0.114. The van der Waals surface area contributed by atoms with E-state index in [0.717, 1.165) is 11.1 Å². The molecule has 6 heteroatoms. The van der Waals surface area contributed by atoms with Crippen molar-refractivity contribution in [2.75, 3.05) is 0 Å². The summed E-state index contributed by atoms with van der Waals surface area (Å²) in [6, 6.07) is 10.5. The Morgan fingerprint density at radius 1 is 1.22 bits per heavy atom. The Morgan fingerprint density at radius 2 is 1.96 bits per heavy atom. The molecule has 0 radical (unpaired) electrons. The van der Waals surface area contributed by atoms with Gasteiger partial charge in [0.15, 0.2) is 0 Å². The number of hydrogen-bond donors (Lipinski definition) is 1. The number of aromatic nitrogens is 1. The second-order valence-electron chi connectivity index (χ2n) is 5.73. The summed E-state index contributed by atoms with van der Waals surface area (Å²) in [6.45, 7) is 3.76. The van der Waals surface area contributed by atoms with Gasteiger partial charge in [-0.25, -0.2) is 4.79 Å². The molecule has 1 fully saturated rings. The molecule has 1 aromatic carbocycles. The van der Waals surface area contributed by atoms with E-state index in [1.807, 2.05) is 31.2 Å². The second-order valence-corrected chi connectivity index (χ2v) is 6.17. The number of amides is 3. The standard InChI is InChI=1S/C17H16ClN3O2/c1-11-5-3-4-6-14(11)17(2)15(22)21(16(23)20-17)10-13-8-7-12(18)9-19-13/h3-9H,10H2,1-2H3,(H,20,23)/t17-/m1/s1. The largest absolute Gasteiger partial charge is 0.325 e. The monoisotopic (exact) mass is 329 g/mol. The molecule has 5 nitrogen and oxygen atoms in total. The van der Waals surface area contributed by atoms with Crippen LogP contribution in [0.25, 0.3) is 0 Å². The summed E-state index contributed by atoms with van der Waals surface area (Å²) in [5.41, 5.74) is 1.29. The number of benzene rings is 1. The van der Waals surface area contributed by atoms with Gasteiger partial charge >= 0.3 is 6.03 Å². The third kappa shape index (κ3) is 2.68. The van der Waals surface area contributed by atoms with Gasteiger partial charge in [-0.3, -0.25) is 14.7 Å². The predicted molar refractivity (Wildman–Crippen MR) is 86.9 cm³/mol. The molecule has 3 rings (SSSR count). The highest BCUT2D eigenvalue weighted by molar-refractivity contribution is 6.30. The van der Waals surface area contributed by atoms with Gasteiger partial charge in [-0.2, -0.15) is 0 Å². The van der Waals surface area contributed by atoms with Crippen molar-refractivity contribution in [3.8, 4) is 0 Å². The molecule has 1 aliphatic heterocycles. The van der Waals surface area contributed by atoms with Crippen LogP contribution >= 0.6 is 11.6 Å². The summed E-state index contributed by atoms with van der Waals surface area (Å²) in [4.78, 5) is 30.5. The van der Waals surface area contributed by atoms with Gasteiger partial charge in [0, 0.05) is 6.20 Å². The Hall–Kier alpha value is -2.40. The van der Waals surface area contributed by atoms with E-state index in [-0.39, 0.29) is 12.5 Å². The number of pyridine rings is 1. The SMILES string of the molecule is Cc1ccccc1[C@@]1(C)NC(=O)N(Cc2ccc(Cl)cn2)C1=O. The first-order valence-electron chi connectivity index (χ1n) is 7.22. The quantitative estimate of drug-likeness (QED) is 0.880. The van der Waals surface area contributed by atoms with Crippen LogP contribution in [0.2, 0.25) is 5.02 Å². The number of urea groups is 1. The third-order valence-corrected chi connectivity index (χ3v) is 4.29. The molecule has 23 heavy (non-hydrogen) atoms. The van der Waals surface area contributed by atoms with Crippen molar-refractivity contribution in [1.82, 2.24) is 15.2 Å². The summed E-state index contributed by atoms with van der Waals surface area (Å²) in [6.07, 6.45) is 1.50. The van der Waals surface area contributed by atoms with E-state index in [1.165, 1.54) is 11.1 Å². The fourth-order valence-electron chi connectivity index (χ4n) is 2.82. The van der Waals surface area contributed by atoms with Gasteiger partial charge < -0.3 is 5.32 Å². The number of carbonyl (C=O) groups excluding carboxylic acids is 2. The van der Waals surface area contributed by atoms with Crippen molar-refractivity contribution >= 4 is 23.5 Å². The molecule has 1 aliphatic rings. The Balaban J connectivity index is 1.91. The summed E-state index contributed by atoms with van der Waals surface area (Å²) < 4.78 is 0. The lowest BCUT2D eigenvalue weighted by Crippen LogP contribution is -2.41. The Kier molecular flexibility index (Phi) is 3.82. The van der Waals surface area contributed by atoms with E-state index in [1.54, 1.807) is 19.1 Å².